The quantitative estimate of drug-likeness (QED) is 0.170. The number of likely N-dealkylation sites (tertiary alicyclic amines) is 1. The second-order valence-electron chi connectivity index (χ2n) is 6.13. The van der Waals surface area contributed by atoms with Crippen LogP contribution in [0.5, 0.6) is 0 Å². The number of rotatable bonds is 9. The SMILES string of the molecule is CCNC(=NCCCCCC(=O)OC)NC1CCN(CC(F)(F)F)C1.I. The number of hydrogen-bond acceptors (Lipinski definition) is 4. The molecule has 0 radical (unpaired) electrons. The molecule has 0 spiro atoms. The first kappa shape index (κ1) is 25.2. The van der Waals surface area contributed by atoms with Gasteiger partial charge in [0.05, 0.1) is 13.7 Å². The molecule has 1 unspecified atom stereocenters. The lowest BCUT2D eigenvalue weighted by Crippen LogP contribution is -2.45. The van der Waals surface area contributed by atoms with Crippen molar-refractivity contribution in [2.45, 2.75) is 51.2 Å². The highest BCUT2D eigenvalue weighted by Crippen LogP contribution is 2.19. The van der Waals surface area contributed by atoms with Crippen LogP contribution in [0.3, 0.4) is 0 Å². The second kappa shape index (κ2) is 13.4. The zero-order valence-electron chi connectivity index (χ0n) is 15.4. The molecule has 2 N–H and O–H groups in total. The van der Waals surface area contributed by atoms with Gasteiger partial charge in [-0.3, -0.25) is 14.7 Å². The summed E-state index contributed by atoms with van der Waals surface area (Å²) >= 11 is 0. The van der Waals surface area contributed by atoms with Gasteiger partial charge < -0.3 is 15.4 Å². The summed E-state index contributed by atoms with van der Waals surface area (Å²) < 4.78 is 41.9. The number of alkyl halides is 3. The summed E-state index contributed by atoms with van der Waals surface area (Å²) in [5, 5.41) is 6.32. The molecular formula is C16H30F3IN4O2. The monoisotopic (exact) mass is 494 g/mol. The van der Waals surface area contributed by atoms with Gasteiger partial charge in [-0.15, -0.1) is 24.0 Å². The van der Waals surface area contributed by atoms with E-state index in [1.165, 1.54) is 12.0 Å². The van der Waals surface area contributed by atoms with Crippen molar-refractivity contribution in [1.29, 1.82) is 0 Å². The summed E-state index contributed by atoms with van der Waals surface area (Å²) in [5.41, 5.74) is 0. The van der Waals surface area contributed by atoms with Gasteiger partial charge >= 0.3 is 12.1 Å². The maximum atomic E-state index is 12.4. The minimum Gasteiger partial charge on any atom is -0.469 e. The third-order valence-electron chi connectivity index (χ3n) is 3.90. The summed E-state index contributed by atoms with van der Waals surface area (Å²) in [4.78, 5) is 16.9. The van der Waals surface area contributed by atoms with Crippen molar-refractivity contribution < 1.29 is 22.7 Å². The Morgan fingerprint density at radius 3 is 2.65 bits per heavy atom. The first-order valence-electron chi connectivity index (χ1n) is 8.74. The number of nitrogens with one attached hydrogen (secondary N) is 2. The molecule has 0 aromatic carbocycles. The van der Waals surface area contributed by atoms with E-state index in [1.807, 2.05) is 6.92 Å². The topological polar surface area (TPSA) is 66.0 Å². The van der Waals surface area contributed by atoms with Gasteiger partial charge in [0.25, 0.3) is 0 Å². The van der Waals surface area contributed by atoms with Crippen LogP contribution in [0.2, 0.25) is 0 Å². The van der Waals surface area contributed by atoms with Crippen LogP contribution in [0.1, 0.15) is 39.0 Å². The van der Waals surface area contributed by atoms with Crippen molar-refractivity contribution in [3.8, 4) is 0 Å². The third kappa shape index (κ3) is 11.8. The maximum Gasteiger partial charge on any atom is 0.401 e. The van der Waals surface area contributed by atoms with E-state index in [0.717, 1.165) is 19.3 Å². The molecule has 1 rings (SSSR count). The Kier molecular flexibility index (Phi) is 13.0. The van der Waals surface area contributed by atoms with Gasteiger partial charge in [-0.1, -0.05) is 6.42 Å². The van der Waals surface area contributed by atoms with Crippen LogP contribution < -0.4 is 10.6 Å². The fourth-order valence-corrected chi connectivity index (χ4v) is 2.71. The van der Waals surface area contributed by atoms with Gasteiger partial charge in [-0.2, -0.15) is 13.2 Å². The number of nitrogens with zero attached hydrogens (tertiary/aromatic N) is 2. The van der Waals surface area contributed by atoms with Crippen LogP contribution in [0, 0.1) is 0 Å². The van der Waals surface area contributed by atoms with E-state index < -0.39 is 12.7 Å². The minimum absolute atomic E-state index is 0. The molecule has 1 saturated heterocycles. The predicted molar refractivity (Wildman–Crippen MR) is 106 cm³/mol. The molecule has 0 aromatic rings. The number of methoxy groups -OCH3 is 1. The van der Waals surface area contributed by atoms with Crippen LogP contribution >= 0.6 is 24.0 Å². The number of carbonyl (C=O) groups is 1. The predicted octanol–water partition coefficient (Wildman–Crippen LogP) is 2.53. The van der Waals surface area contributed by atoms with E-state index >= 15 is 0 Å². The van der Waals surface area contributed by atoms with E-state index in [9.17, 15) is 18.0 Å². The summed E-state index contributed by atoms with van der Waals surface area (Å²) in [6.07, 6.45) is -0.590. The van der Waals surface area contributed by atoms with E-state index in [-0.39, 0.29) is 36.0 Å². The fourth-order valence-electron chi connectivity index (χ4n) is 2.71. The fraction of sp³-hybridized carbons (Fsp3) is 0.875. The molecule has 0 saturated carbocycles. The van der Waals surface area contributed by atoms with Crippen LogP contribution in [0.15, 0.2) is 4.99 Å². The third-order valence-corrected chi connectivity index (χ3v) is 3.90. The van der Waals surface area contributed by atoms with Crippen molar-refractivity contribution in [1.82, 2.24) is 15.5 Å². The average Bonchev–Trinajstić information content (AvgIpc) is 2.95. The van der Waals surface area contributed by atoms with Crippen LogP contribution in [-0.2, 0) is 9.53 Å². The van der Waals surface area contributed by atoms with E-state index in [4.69, 9.17) is 0 Å². The first-order chi connectivity index (χ1) is 11.8. The van der Waals surface area contributed by atoms with Gasteiger partial charge in [0, 0.05) is 38.6 Å². The Morgan fingerprint density at radius 2 is 2.04 bits per heavy atom. The van der Waals surface area contributed by atoms with Crippen molar-refractivity contribution in [3.63, 3.8) is 0 Å². The molecule has 1 atom stereocenters. The number of unbranched alkanes of at least 4 members (excludes halogenated alkanes) is 2. The van der Waals surface area contributed by atoms with Crippen LogP contribution in [-0.4, -0.2) is 68.9 Å². The lowest BCUT2D eigenvalue weighted by Gasteiger charge is -2.19. The number of esters is 1. The van der Waals surface area contributed by atoms with Crippen LogP contribution in [0.4, 0.5) is 13.2 Å². The van der Waals surface area contributed by atoms with E-state index in [1.54, 1.807) is 0 Å². The molecule has 26 heavy (non-hydrogen) atoms. The van der Waals surface area contributed by atoms with Gasteiger partial charge in [-0.25, -0.2) is 0 Å². The summed E-state index contributed by atoms with van der Waals surface area (Å²) in [6, 6.07) is -0.0283. The molecule has 0 aliphatic carbocycles. The molecule has 0 bridgehead atoms. The largest absolute Gasteiger partial charge is 0.469 e. The number of carbonyl (C=O) groups excluding carboxylic acids is 1. The van der Waals surface area contributed by atoms with Crippen molar-refractivity contribution in [2.75, 3.05) is 39.8 Å². The van der Waals surface area contributed by atoms with Crippen molar-refractivity contribution >= 4 is 35.9 Å². The second-order valence-corrected chi connectivity index (χ2v) is 6.13. The lowest BCUT2D eigenvalue weighted by molar-refractivity contribution is -0.143. The Morgan fingerprint density at radius 1 is 1.31 bits per heavy atom. The normalized spacial score (nSPS) is 18.3. The molecule has 6 nitrogen and oxygen atoms in total. The highest BCUT2D eigenvalue weighted by atomic mass is 127. The zero-order valence-corrected chi connectivity index (χ0v) is 17.7. The zero-order chi connectivity index (χ0) is 18.7. The molecule has 1 aliphatic rings. The van der Waals surface area contributed by atoms with E-state index in [0.29, 0.717) is 45.0 Å². The minimum atomic E-state index is -4.16. The average molecular weight is 494 g/mol. The number of aliphatic imine (C=N–C) groups is 1. The summed E-state index contributed by atoms with van der Waals surface area (Å²) in [7, 11) is 1.37. The number of hydrogen-bond donors (Lipinski definition) is 2. The number of ether oxygens (including phenoxy) is 1. The summed E-state index contributed by atoms with van der Waals surface area (Å²) in [6.45, 7) is 3.17. The smallest absolute Gasteiger partial charge is 0.401 e. The highest BCUT2D eigenvalue weighted by molar-refractivity contribution is 14.0. The molecule has 154 valence electrons. The molecule has 1 fully saturated rings. The molecular weight excluding hydrogens is 464 g/mol. The molecule has 1 heterocycles. The number of halogens is 4. The number of guanidine groups is 1. The highest BCUT2D eigenvalue weighted by Gasteiger charge is 2.34. The van der Waals surface area contributed by atoms with Crippen LogP contribution in [0.25, 0.3) is 0 Å². The standard InChI is InChI=1S/C16H29F3N4O2.HI/c1-3-20-15(21-9-6-4-5-7-14(24)25-2)22-13-8-10-23(11-13)12-16(17,18)19;/h13H,3-12H2,1-2H3,(H2,20,21,22);1H. The van der Waals surface area contributed by atoms with Crippen molar-refractivity contribution in [3.05, 3.63) is 0 Å². The van der Waals surface area contributed by atoms with Gasteiger partial charge in [0.2, 0.25) is 0 Å². The maximum absolute atomic E-state index is 12.4. The molecule has 10 heteroatoms. The van der Waals surface area contributed by atoms with Gasteiger partial charge in [0.1, 0.15) is 0 Å². The Balaban J connectivity index is 0.00000625. The molecule has 0 aromatic heterocycles. The first-order valence-corrected chi connectivity index (χ1v) is 8.74. The lowest BCUT2D eigenvalue weighted by atomic mass is 10.2. The molecule has 1 aliphatic heterocycles. The van der Waals surface area contributed by atoms with Gasteiger partial charge in [0.15, 0.2) is 5.96 Å². The molecule has 0 amide bonds. The van der Waals surface area contributed by atoms with Crippen molar-refractivity contribution in [2.24, 2.45) is 4.99 Å². The Labute approximate surface area is 170 Å². The van der Waals surface area contributed by atoms with Gasteiger partial charge in [-0.05, 0) is 26.2 Å². The Hall–Kier alpha value is -0.780. The summed E-state index contributed by atoms with van der Waals surface area (Å²) in [5.74, 6) is 0.428. The van der Waals surface area contributed by atoms with E-state index in [2.05, 4.69) is 20.4 Å². The Bertz CT molecular complexity index is 436.